The number of ether oxygens (including phenoxy) is 1. The van der Waals surface area contributed by atoms with Gasteiger partial charge in [-0.15, -0.1) is 0 Å². The van der Waals surface area contributed by atoms with Crippen molar-refractivity contribution in [1.82, 2.24) is 5.32 Å². The molecule has 1 unspecified atom stereocenters. The molecule has 0 spiro atoms. The molecule has 1 aliphatic heterocycles. The van der Waals surface area contributed by atoms with Crippen LogP contribution in [0.3, 0.4) is 0 Å². The second-order valence-corrected chi connectivity index (χ2v) is 4.52. The smallest absolute Gasteiger partial charge is 0.234 e. The first-order valence-electron chi connectivity index (χ1n) is 6.13. The number of carbonyl (C=O) groups excluding carboxylic acids is 1. The highest BCUT2D eigenvalue weighted by molar-refractivity contribution is 5.79. The Kier molecular flexibility index (Phi) is 4.30. The average Bonchev–Trinajstić information content (AvgIpc) is 2.40. The number of morpholine rings is 1. The molecule has 1 aromatic carbocycles. The molecule has 5 N–H and O–H groups in total. The van der Waals surface area contributed by atoms with Gasteiger partial charge in [0, 0.05) is 13.1 Å². The standard InChI is InChI=1S/C13H19N3O2/c14-11(13(15)17)7-9-1-3-10(4-2-9)12-8-16-5-6-18-12/h1-4,11-12,16H,5-8,14H2,(H2,15,17)/t11-,12?/m0/s1. The van der Waals surface area contributed by atoms with Gasteiger partial charge in [-0.25, -0.2) is 0 Å². The Balaban J connectivity index is 1.98. The lowest BCUT2D eigenvalue weighted by Crippen LogP contribution is -2.38. The molecule has 1 amide bonds. The van der Waals surface area contributed by atoms with Gasteiger partial charge in [0.1, 0.15) is 0 Å². The van der Waals surface area contributed by atoms with Gasteiger partial charge in [0.05, 0.1) is 18.8 Å². The van der Waals surface area contributed by atoms with Crippen LogP contribution in [-0.4, -0.2) is 31.6 Å². The van der Waals surface area contributed by atoms with Gasteiger partial charge in [-0.3, -0.25) is 4.79 Å². The molecule has 0 aliphatic carbocycles. The summed E-state index contributed by atoms with van der Waals surface area (Å²) in [4.78, 5) is 10.9. The third-order valence-corrected chi connectivity index (χ3v) is 3.10. The summed E-state index contributed by atoms with van der Waals surface area (Å²) in [6.07, 6.45) is 0.581. The summed E-state index contributed by atoms with van der Waals surface area (Å²) in [6.45, 7) is 2.47. The van der Waals surface area contributed by atoms with Crippen LogP contribution in [0, 0.1) is 0 Å². The summed E-state index contributed by atoms with van der Waals surface area (Å²) < 4.78 is 5.66. The number of primary amides is 1. The van der Waals surface area contributed by atoms with Crippen LogP contribution >= 0.6 is 0 Å². The van der Waals surface area contributed by atoms with E-state index in [0.29, 0.717) is 6.42 Å². The molecule has 5 nitrogen and oxygen atoms in total. The zero-order valence-corrected chi connectivity index (χ0v) is 10.3. The highest BCUT2D eigenvalue weighted by atomic mass is 16.5. The van der Waals surface area contributed by atoms with Crippen molar-refractivity contribution >= 4 is 5.91 Å². The molecule has 2 rings (SSSR count). The Morgan fingerprint density at radius 1 is 1.44 bits per heavy atom. The Morgan fingerprint density at radius 3 is 2.72 bits per heavy atom. The zero-order chi connectivity index (χ0) is 13.0. The first-order chi connectivity index (χ1) is 8.66. The summed E-state index contributed by atoms with van der Waals surface area (Å²) >= 11 is 0. The summed E-state index contributed by atoms with van der Waals surface area (Å²) in [5.74, 6) is -0.473. The predicted molar refractivity (Wildman–Crippen MR) is 68.9 cm³/mol. The monoisotopic (exact) mass is 249 g/mol. The van der Waals surface area contributed by atoms with Gasteiger partial charge >= 0.3 is 0 Å². The van der Waals surface area contributed by atoms with Crippen LogP contribution in [0.25, 0.3) is 0 Å². The van der Waals surface area contributed by atoms with Gasteiger partial charge in [-0.2, -0.15) is 0 Å². The average molecular weight is 249 g/mol. The number of rotatable bonds is 4. The van der Waals surface area contributed by atoms with Crippen molar-refractivity contribution in [2.24, 2.45) is 11.5 Å². The van der Waals surface area contributed by atoms with Crippen LogP contribution in [0.15, 0.2) is 24.3 Å². The fourth-order valence-corrected chi connectivity index (χ4v) is 2.00. The van der Waals surface area contributed by atoms with Crippen LogP contribution in [0.2, 0.25) is 0 Å². The van der Waals surface area contributed by atoms with E-state index in [1.54, 1.807) is 0 Å². The van der Waals surface area contributed by atoms with E-state index < -0.39 is 11.9 Å². The normalized spacial score (nSPS) is 21.5. The van der Waals surface area contributed by atoms with E-state index in [0.717, 1.165) is 30.8 Å². The van der Waals surface area contributed by atoms with Crippen LogP contribution in [0.5, 0.6) is 0 Å². The molecule has 0 aromatic heterocycles. The number of benzene rings is 1. The maximum absolute atomic E-state index is 10.9. The Labute approximate surface area is 106 Å². The van der Waals surface area contributed by atoms with E-state index in [2.05, 4.69) is 5.32 Å². The second-order valence-electron chi connectivity index (χ2n) is 4.52. The number of hydrogen-bond acceptors (Lipinski definition) is 4. The minimum Gasteiger partial charge on any atom is -0.371 e. The number of amides is 1. The lowest BCUT2D eigenvalue weighted by molar-refractivity contribution is -0.119. The lowest BCUT2D eigenvalue weighted by atomic mass is 10.0. The number of carbonyl (C=O) groups is 1. The van der Waals surface area contributed by atoms with Crippen molar-refractivity contribution in [1.29, 1.82) is 0 Å². The first kappa shape index (κ1) is 13.0. The highest BCUT2D eigenvalue weighted by Crippen LogP contribution is 2.19. The molecular weight excluding hydrogens is 230 g/mol. The molecule has 1 saturated heterocycles. The van der Waals surface area contributed by atoms with Crippen LogP contribution in [0.1, 0.15) is 17.2 Å². The molecule has 98 valence electrons. The first-order valence-corrected chi connectivity index (χ1v) is 6.13. The predicted octanol–water partition coefficient (Wildman–Crippen LogP) is -0.297. The fourth-order valence-electron chi connectivity index (χ4n) is 2.00. The number of hydrogen-bond donors (Lipinski definition) is 3. The molecule has 0 radical (unpaired) electrons. The Bertz CT molecular complexity index is 399. The quantitative estimate of drug-likeness (QED) is 0.683. The molecule has 1 aliphatic rings. The molecule has 0 bridgehead atoms. The van der Waals surface area contributed by atoms with Crippen molar-refractivity contribution in [3.8, 4) is 0 Å². The van der Waals surface area contributed by atoms with E-state index in [1.807, 2.05) is 24.3 Å². The molecule has 1 heterocycles. The second kappa shape index (κ2) is 5.95. The third-order valence-electron chi connectivity index (χ3n) is 3.10. The Hall–Kier alpha value is -1.43. The molecule has 1 fully saturated rings. The molecule has 5 heteroatoms. The Morgan fingerprint density at radius 2 is 2.17 bits per heavy atom. The molecular formula is C13H19N3O2. The van der Waals surface area contributed by atoms with Gasteiger partial charge in [0.2, 0.25) is 5.91 Å². The van der Waals surface area contributed by atoms with Crippen molar-refractivity contribution in [2.45, 2.75) is 18.6 Å². The fraction of sp³-hybridized carbons (Fsp3) is 0.462. The maximum Gasteiger partial charge on any atom is 0.234 e. The van der Waals surface area contributed by atoms with Crippen LogP contribution < -0.4 is 16.8 Å². The molecule has 1 aromatic rings. The summed E-state index contributed by atoms with van der Waals surface area (Å²) in [5.41, 5.74) is 12.9. The van der Waals surface area contributed by atoms with Crippen LogP contribution in [-0.2, 0) is 16.0 Å². The van der Waals surface area contributed by atoms with E-state index in [4.69, 9.17) is 16.2 Å². The molecule has 18 heavy (non-hydrogen) atoms. The minimum absolute atomic E-state index is 0.109. The minimum atomic E-state index is -0.622. The van der Waals surface area contributed by atoms with Gasteiger partial charge in [-0.1, -0.05) is 24.3 Å². The summed E-state index contributed by atoms with van der Waals surface area (Å²) in [5, 5.41) is 3.29. The summed E-state index contributed by atoms with van der Waals surface area (Å²) in [7, 11) is 0. The van der Waals surface area contributed by atoms with Crippen molar-refractivity contribution in [2.75, 3.05) is 19.7 Å². The zero-order valence-electron chi connectivity index (χ0n) is 10.3. The van der Waals surface area contributed by atoms with Gasteiger partial charge in [0.15, 0.2) is 0 Å². The molecule has 0 saturated carbocycles. The lowest BCUT2D eigenvalue weighted by Gasteiger charge is -2.24. The van der Waals surface area contributed by atoms with Gasteiger partial charge < -0.3 is 21.5 Å². The van der Waals surface area contributed by atoms with Gasteiger partial charge in [-0.05, 0) is 17.5 Å². The van der Waals surface area contributed by atoms with E-state index in [1.165, 1.54) is 0 Å². The third kappa shape index (κ3) is 3.29. The van der Waals surface area contributed by atoms with E-state index in [9.17, 15) is 4.79 Å². The van der Waals surface area contributed by atoms with Crippen molar-refractivity contribution in [3.05, 3.63) is 35.4 Å². The topological polar surface area (TPSA) is 90.4 Å². The number of nitrogens with one attached hydrogen (secondary N) is 1. The van der Waals surface area contributed by atoms with Crippen molar-refractivity contribution < 1.29 is 9.53 Å². The van der Waals surface area contributed by atoms with Crippen molar-refractivity contribution in [3.63, 3.8) is 0 Å². The largest absolute Gasteiger partial charge is 0.371 e. The summed E-state index contributed by atoms with van der Waals surface area (Å²) in [6, 6.07) is 7.34. The van der Waals surface area contributed by atoms with Crippen LogP contribution in [0.4, 0.5) is 0 Å². The van der Waals surface area contributed by atoms with E-state index >= 15 is 0 Å². The highest BCUT2D eigenvalue weighted by Gasteiger charge is 2.16. The van der Waals surface area contributed by atoms with Gasteiger partial charge in [0.25, 0.3) is 0 Å². The molecule has 2 atom stereocenters. The van der Waals surface area contributed by atoms with E-state index in [-0.39, 0.29) is 6.10 Å². The number of nitrogens with two attached hydrogens (primary N) is 2. The maximum atomic E-state index is 10.9. The SMILES string of the molecule is NC(=O)[C@@H](N)Cc1ccc(C2CNCCO2)cc1.